The van der Waals surface area contributed by atoms with E-state index in [4.69, 9.17) is 9.72 Å². The van der Waals surface area contributed by atoms with Crippen LogP contribution in [0.2, 0.25) is 0 Å². The molecular formula is C18H18N4O. The Kier molecular flexibility index (Phi) is 3.26. The highest BCUT2D eigenvalue weighted by Crippen LogP contribution is 2.39. The lowest BCUT2D eigenvalue weighted by Crippen LogP contribution is -2.29. The van der Waals surface area contributed by atoms with Gasteiger partial charge in [-0.1, -0.05) is 6.07 Å². The van der Waals surface area contributed by atoms with Crippen LogP contribution in [0.1, 0.15) is 0 Å². The maximum Gasteiger partial charge on any atom is 0.152 e. The average molecular weight is 306 g/mol. The van der Waals surface area contributed by atoms with Crippen molar-refractivity contribution in [3.63, 3.8) is 0 Å². The van der Waals surface area contributed by atoms with Gasteiger partial charge in [-0.3, -0.25) is 0 Å². The molecule has 3 heterocycles. The number of aromatic nitrogens is 2. The van der Waals surface area contributed by atoms with Crippen LogP contribution in [0.25, 0.3) is 22.2 Å². The molecule has 23 heavy (non-hydrogen) atoms. The largest absolute Gasteiger partial charge is 0.489 e. The molecule has 0 unspecified atom stereocenters. The summed E-state index contributed by atoms with van der Waals surface area (Å²) in [4.78, 5) is 11.3. The van der Waals surface area contributed by atoms with Crippen LogP contribution in [0.5, 0.6) is 5.75 Å². The van der Waals surface area contributed by atoms with Gasteiger partial charge < -0.3 is 15.0 Å². The smallest absolute Gasteiger partial charge is 0.152 e. The van der Waals surface area contributed by atoms with Crippen LogP contribution >= 0.6 is 0 Å². The first kappa shape index (κ1) is 13.8. The third kappa shape index (κ3) is 2.34. The molecule has 5 nitrogen and oxygen atoms in total. The van der Waals surface area contributed by atoms with Gasteiger partial charge in [0, 0.05) is 37.3 Å². The highest BCUT2D eigenvalue weighted by atomic mass is 16.5. The maximum atomic E-state index is 5.93. The van der Waals surface area contributed by atoms with Gasteiger partial charge >= 0.3 is 0 Å². The molecule has 0 bridgehead atoms. The number of ether oxygens (including phenoxy) is 1. The standard InChI is InChI=1S/C18H18N4O/c1-19-17-10-15-12(11-20-17)6-7-14(21-15)13-4-3-5-16-18(13)23-9-8-22(16)2/h3-7,10-11H,8-9H2,1-2H3,(H,19,20). The van der Waals surface area contributed by atoms with E-state index in [1.165, 1.54) is 0 Å². The Morgan fingerprint density at radius 1 is 1.22 bits per heavy atom. The first-order valence-corrected chi connectivity index (χ1v) is 7.68. The first-order chi connectivity index (χ1) is 11.3. The van der Waals surface area contributed by atoms with Crippen LogP contribution in [0.3, 0.4) is 0 Å². The van der Waals surface area contributed by atoms with Gasteiger partial charge in [-0.05, 0) is 24.3 Å². The van der Waals surface area contributed by atoms with E-state index >= 15 is 0 Å². The van der Waals surface area contributed by atoms with Crippen LogP contribution in [-0.4, -0.2) is 37.2 Å². The molecule has 1 N–H and O–H groups in total. The van der Waals surface area contributed by atoms with E-state index in [1.54, 1.807) is 0 Å². The first-order valence-electron chi connectivity index (χ1n) is 7.68. The Morgan fingerprint density at radius 3 is 3.00 bits per heavy atom. The second kappa shape index (κ2) is 5.43. The number of fused-ring (bicyclic) bond motifs is 2. The van der Waals surface area contributed by atoms with Gasteiger partial charge in [-0.25, -0.2) is 9.97 Å². The molecule has 0 spiro atoms. The number of para-hydroxylation sites is 1. The van der Waals surface area contributed by atoms with E-state index < -0.39 is 0 Å². The summed E-state index contributed by atoms with van der Waals surface area (Å²) < 4.78 is 5.93. The van der Waals surface area contributed by atoms with E-state index in [-0.39, 0.29) is 0 Å². The molecule has 3 aromatic rings. The van der Waals surface area contributed by atoms with Crippen molar-refractivity contribution in [2.24, 2.45) is 0 Å². The van der Waals surface area contributed by atoms with Crippen molar-refractivity contribution in [3.8, 4) is 17.0 Å². The summed E-state index contributed by atoms with van der Waals surface area (Å²) >= 11 is 0. The van der Waals surface area contributed by atoms with Crippen molar-refractivity contribution in [3.05, 3.63) is 42.6 Å². The van der Waals surface area contributed by atoms with Crippen molar-refractivity contribution in [1.29, 1.82) is 0 Å². The van der Waals surface area contributed by atoms with E-state index in [1.807, 2.05) is 25.4 Å². The summed E-state index contributed by atoms with van der Waals surface area (Å²) in [5, 5.41) is 4.08. The zero-order valence-electron chi connectivity index (χ0n) is 13.2. The third-order valence-corrected chi connectivity index (χ3v) is 4.18. The molecule has 5 heteroatoms. The van der Waals surface area contributed by atoms with Crippen LogP contribution in [0.4, 0.5) is 11.5 Å². The summed E-state index contributed by atoms with van der Waals surface area (Å²) in [5.74, 6) is 1.73. The number of hydrogen-bond donors (Lipinski definition) is 1. The minimum Gasteiger partial charge on any atom is -0.489 e. The topological polar surface area (TPSA) is 50.3 Å². The molecule has 0 aliphatic carbocycles. The van der Waals surface area contributed by atoms with Gasteiger partial charge in [0.05, 0.1) is 23.4 Å². The van der Waals surface area contributed by atoms with Crippen molar-refractivity contribution in [2.75, 3.05) is 37.5 Å². The number of rotatable bonds is 2. The Morgan fingerprint density at radius 2 is 2.13 bits per heavy atom. The molecule has 2 aromatic heterocycles. The lowest BCUT2D eigenvalue weighted by molar-refractivity contribution is 0.312. The van der Waals surface area contributed by atoms with E-state index in [0.29, 0.717) is 6.61 Å². The van der Waals surface area contributed by atoms with Crippen LogP contribution in [0.15, 0.2) is 42.6 Å². The Labute approximate surface area is 134 Å². The van der Waals surface area contributed by atoms with E-state index in [0.717, 1.165) is 46.0 Å². The summed E-state index contributed by atoms with van der Waals surface area (Å²) in [6.07, 6.45) is 1.84. The highest BCUT2D eigenvalue weighted by Gasteiger charge is 2.19. The number of nitrogens with one attached hydrogen (secondary N) is 1. The predicted octanol–water partition coefficient (Wildman–Crippen LogP) is 3.17. The molecule has 0 saturated heterocycles. The zero-order valence-corrected chi connectivity index (χ0v) is 13.2. The molecule has 116 valence electrons. The zero-order chi connectivity index (χ0) is 15.8. The maximum absolute atomic E-state index is 5.93. The fourth-order valence-electron chi connectivity index (χ4n) is 2.89. The number of hydrogen-bond acceptors (Lipinski definition) is 5. The molecule has 0 radical (unpaired) electrons. The molecule has 0 fully saturated rings. The molecule has 0 amide bonds. The quantitative estimate of drug-likeness (QED) is 0.788. The summed E-state index contributed by atoms with van der Waals surface area (Å²) in [7, 11) is 3.94. The van der Waals surface area contributed by atoms with Crippen LogP contribution < -0.4 is 15.0 Å². The van der Waals surface area contributed by atoms with Crippen molar-refractivity contribution >= 4 is 22.4 Å². The lowest BCUT2D eigenvalue weighted by Gasteiger charge is -2.29. The summed E-state index contributed by atoms with van der Waals surface area (Å²) in [6.45, 7) is 1.60. The van der Waals surface area contributed by atoms with Gasteiger partial charge in [0.2, 0.25) is 0 Å². The molecule has 4 rings (SSSR count). The van der Waals surface area contributed by atoms with Crippen molar-refractivity contribution < 1.29 is 4.74 Å². The monoisotopic (exact) mass is 306 g/mol. The van der Waals surface area contributed by atoms with Gasteiger partial charge in [0.1, 0.15) is 12.4 Å². The fraction of sp³-hybridized carbons (Fsp3) is 0.222. The third-order valence-electron chi connectivity index (χ3n) is 4.18. The van der Waals surface area contributed by atoms with Gasteiger partial charge in [0.15, 0.2) is 5.75 Å². The van der Waals surface area contributed by atoms with Gasteiger partial charge in [-0.2, -0.15) is 0 Å². The number of likely N-dealkylation sites (N-methyl/N-ethyl adjacent to an activating group) is 1. The Balaban J connectivity index is 1.87. The summed E-state index contributed by atoms with van der Waals surface area (Å²) in [5.41, 5.74) is 3.97. The lowest BCUT2D eigenvalue weighted by atomic mass is 10.1. The molecular weight excluding hydrogens is 288 g/mol. The normalized spacial score (nSPS) is 13.6. The molecule has 1 aromatic carbocycles. The second-order valence-corrected chi connectivity index (χ2v) is 5.63. The molecule has 0 atom stereocenters. The van der Waals surface area contributed by atoms with Crippen LogP contribution in [-0.2, 0) is 0 Å². The van der Waals surface area contributed by atoms with Gasteiger partial charge in [0.25, 0.3) is 0 Å². The SMILES string of the molecule is CNc1cc2nc(-c3cccc4c3OCCN4C)ccc2cn1. The minimum atomic E-state index is 0.696. The predicted molar refractivity (Wildman–Crippen MR) is 93.3 cm³/mol. The number of pyridine rings is 2. The molecule has 0 saturated carbocycles. The van der Waals surface area contributed by atoms with Crippen molar-refractivity contribution in [1.82, 2.24) is 9.97 Å². The Hall–Kier alpha value is -2.82. The number of anilines is 2. The van der Waals surface area contributed by atoms with Crippen molar-refractivity contribution in [2.45, 2.75) is 0 Å². The minimum absolute atomic E-state index is 0.696. The average Bonchev–Trinajstić information content (AvgIpc) is 2.60. The van der Waals surface area contributed by atoms with Crippen LogP contribution in [0, 0.1) is 0 Å². The second-order valence-electron chi connectivity index (χ2n) is 5.63. The number of nitrogens with zero attached hydrogens (tertiary/aromatic N) is 3. The summed E-state index contributed by atoms with van der Waals surface area (Å²) in [6, 6.07) is 12.2. The fourth-order valence-corrected chi connectivity index (χ4v) is 2.89. The number of benzene rings is 1. The van der Waals surface area contributed by atoms with Gasteiger partial charge in [-0.15, -0.1) is 0 Å². The Bertz CT molecular complexity index is 878. The van der Waals surface area contributed by atoms with E-state index in [9.17, 15) is 0 Å². The molecule has 1 aliphatic rings. The molecule has 1 aliphatic heterocycles. The van der Waals surface area contributed by atoms with E-state index in [2.05, 4.69) is 46.5 Å². The highest BCUT2D eigenvalue weighted by molar-refractivity contribution is 5.85.